The summed E-state index contributed by atoms with van der Waals surface area (Å²) in [6.07, 6.45) is 4.41. The van der Waals surface area contributed by atoms with E-state index in [4.69, 9.17) is 11.6 Å². The lowest BCUT2D eigenvalue weighted by Crippen LogP contribution is -2.40. The number of amides is 2. The van der Waals surface area contributed by atoms with Crippen molar-refractivity contribution in [3.8, 4) is 0 Å². The minimum Gasteiger partial charge on any atom is -0.324 e. The molecule has 1 aliphatic rings. The summed E-state index contributed by atoms with van der Waals surface area (Å²) in [5.41, 5.74) is 3.03. The van der Waals surface area contributed by atoms with Crippen molar-refractivity contribution < 1.29 is 4.79 Å². The summed E-state index contributed by atoms with van der Waals surface area (Å²) in [6, 6.07) is 9.85. The Bertz CT molecular complexity index is 714. The highest BCUT2D eigenvalue weighted by molar-refractivity contribution is 6.28. The van der Waals surface area contributed by atoms with Crippen LogP contribution in [0.1, 0.15) is 36.9 Å². The number of nitrogens with one attached hydrogen (secondary N) is 1. The quantitative estimate of drug-likeness (QED) is 0.853. The first-order chi connectivity index (χ1) is 11.7. The lowest BCUT2D eigenvalue weighted by Gasteiger charge is -2.31. The second-order valence-electron chi connectivity index (χ2n) is 6.00. The van der Waals surface area contributed by atoms with E-state index in [0.29, 0.717) is 19.0 Å². The van der Waals surface area contributed by atoms with Crippen LogP contribution in [0.2, 0.25) is 5.28 Å². The van der Waals surface area contributed by atoms with Crippen LogP contribution in [0.25, 0.3) is 0 Å². The van der Waals surface area contributed by atoms with Gasteiger partial charge in [0.2, 0.25) is 5.28 Å². The van der Waals surface area contributed by atoms with Crippen LogP contribution >= 0.6 is 11.6 Å². The molecule has 2 aromatic rings. The second-order valence-corrected chi connectivity index (χ2v) is 6.33. The first kappa shape index (κ1) is 16.7. The summed E-state index contributed by atoms with van der Waals surface area (Å²) in [4.78, 5) is 22.5. The van der Waals surface area contributed by atoms with Gasteiger partial charge in [-0.3, -0.25) is 0 Å². The van der Waals surface area contributed by atoms with E-state index < -0.39 is 0 Å². The van der Waals surface area contributed by atoms with Gasteiger partial charge in [-0.2, -0.15) is 0 Å². The molecule has 126 valence electrons. The van der Waals surface area contributed by atoms with Crippen LogP contribution in [-0.4, -0.2) is 34.0 Å². The highest BCUT2D eigenvalue weighted by atomic mass is 35.5. The van der Waals surface area contributed by atoms with Gasteiger partial charge in [-0.1, -0.05) is 19.1 Å². The summed E-state index contributed by atoms with van der Waals surface area (Å²) >= 11 is 5.86. The molecular formula is C18H21ClN4O. The first-order valence-corrected chi connectivity index (χ1v) is 8.67. The number of aromatic nitrogens is 2. The van der Waals surface area contributed by atoms with Crippen molar-refractivity contribution in [1.29, 1.82) is 0 Å². The average molecular weight is 345 g/mol. The number of hydrogen-bond acceptors (Lipinski definition) is 3. The van der Waals surface area contributed by atoms with Crippen LogP contribution < -0.4 is 5.32 Å². The molecule has 2 heterocycles. The second kappa shape index (κ2) is 7.62. The van der Waals surface area contributed by atoms with Crippen LogP contribution in [0.4, 0.5) is 10.5 Å². The van der Waals surface area contributed by atoms with E-state index in [2.05, 4.69) is 28.3 Å². The predicted molar refractivity (Wildman–Crippen MR) is 95.4 cm³/mol. The Hall–Kier alpha value is -2.14. The van der Waals surface area contributed by atoms with Crippen molar-refractivity contribution in [2.45, 2.75) is 32.1 Å². The highest BCUT2D eigenvalue weighted by Gasteiger charge is 2.24. The zero-order chi connectivity index (χ0) is 16.9. The fourth-order valence-corrected chi connectivity index (χ4v) is 3.18. The molecule has 1 saturated heterocycles. The predicted octanol–water partition coefficient (Wildman–Crippen LogP) is 4.10. The molecule has 0 aliphatic carbocycles. The van der Waals surface area contributed by atoms with Gasteiger partial charge in [0, 0.05) is 36.6 Å². The first-order valence-electron chi connectivity index (χ1n) is 8.29. The van der Waals surface area contributed by atoms with Crippen molar-refractivity contribution in [2.75, 3.05) is 18.4 Å². The number of rotatable bonds is 3. The summed E-state index contributed by atoms with van der Waals surface area (Å²) < 4.78 is 0. The van der Waals surface area contributed by atoms with Crippen molar-refractivity contribution >= 4 is 23.3 Å². The topological polar surface area (TPSA) is 58.1 Å². The van der Waals surface area contributed by atoms with Crippen LogP contribution in [0.3, 0.4) is 0 Å². The van der Waals surface area contributed by atoms with Crippen LogP contribution in [0, 0.1) is 0 Å². The number of urea groups is 1. The van der Waals surface area contributed by atoms with E-state index >= 15 is 0 Å². The van der Waals surface area contributed by atoms with Crippen LogP contribution in [0.5, 0.6) is 0 Å². The molecule has 0 atom stereocenters. The van der Waals surface area contributed by atoms with Crippen molar-refractivity contribution in [2.24, 2.45) is 0 Å². The fraction of sp³-hybridized carbons (Fsp3) is 0.389. The molecule has 1 N–H and O–H groups in total. The van der Waals surface area contributed by atoms with Gasteiger partial charge in [0.05, 0.1) is 0 Å². The number of hydrogen-bond donors (Lipinski definition) is 1. The Morgan fingerprint density at radius 2 is 2.12 bits per heavy atom. The van der Waals surface area contributed by atoms with E-state index in [0.717, 1.165) is 30.6 Å². The maximum atomic E-state index is 12.4. The monoisotopic (exact) mass is 344 g/mol. The SMILES string of the molecule is CCc1cccc(NC(=O)N2CCC(c3ccnc(Cl)n3)CC2)c1. The molecule has 2 amide bonds. The normalized spacial score (nSPS) is 15.3. The molecule has 0 unspecified atom stereocenters. The number of carbonyl (C=O) groups is 1. The molecule has 0 spiro atoms. The van der Waals surface area contributed by atoms with Crippen molar-refractivity contribution in [3.05, 3.63) is 53.1 Å². The smallest absolute Gasteiger partial charge is 0.321 e. The maximum Gasteiger partial charge on any atom is 0.321 e. The minimum atomic E-state index is -0.0394. The Morgan fingerprint density at radius 3 is 2.83 bits per heavy atom. The van der Waals surface area contributed by atoms with E-state index in [9.17, 15) is 4.79 Å². The third-order valence-corrected chi connectivity index (χ3v) is 4.62. The number of likely N-dealkylation sites (tertiary alicyclic amines) is 1. The van der Waals surface area contributed by atoms with Gasteiger partial charge in [0.1, 0.15) is 0 Å². The Kier molecular flexibility index (Phi) is 5.30. The van der Waals surface area contributed by atoms with Gasteiger partial charge >= 0.3 is 6.03 Å². The lowest BCUT2D eigenvalue weighted by molar-refractivity contribution is 0.194. The minimum absolute atomic E-state index is 0.0394. The molecule has 1 aromatic heterocycles. The summed E-state index contributed by atoms with van der Waals surface area (Å²) in [5.74, 6) is 0.331. The van der Waals surface area contributed by atoms with Gasteiger partial charge in [-0.25, -0.2) is 14.8 Å². The molecule has 24 heavy (non-hydrogen) atoms. The van der Waals surface area contributed by atoms with Crippen LogP contribution in [-0.2, 0) is 6.42 Å². The largest absolute Gasteiger partial charge is 0.324 e. The number of halogens is 1. The Morgan fingerprint density at radius 1 is 1.33 bits per heavy atom. The molecule has 5 nitrogen and oxygen atoms in total. The summed E-state index contributed by atoms with van der Waals surface area (Å²) in [7, 11) is 0. The zero-order valence-electron chi connectivity index (χ0n) is 13.7. The molecule has 1 aliphatic heterocycles. The Balaban J connectivity index is 1.57. The molecule has 6 heteroatoms. The molecule has 0 saturated carbocycles. The Labute approximate surface area is 147 Å². The van der Waals surface area contributed by atoms with Gasteiger partial charge in [-0.05, 0) is 54.6 Å². The maximum absolute atomic E-state index is 12.4. The molecular weight excluding hydrogens is 324 g/mol. The van der Waals surface area contributed by atoms with Crippen LogP contribution in [0.15, 0.2) is 36.5 Å². The highest BCUT2D eigenvalue weighted by Crippen LogP contribution is 2.27. The molecule has 0 radical (unpaired) electrons. The van der Waals surface area contributed by atoms with Crippen molar-refractivity contribution in [1.82, 2.24) is 14.9 Å². The van der Waals surface area contributed by atoms with E-state index in [1.807, 2.05) is 29.2 Å². The van der Waals surface area contributed by atoms with E-state index in [-0.39, 0.29) is 11.3 Å². The number of benzene rings is 1. The lowest BCUT2D eigenvalue weighted by atomic mass is 9.93. The van der Waals surface area contributed by atoms with E-state index in [1.165, 1.54) is 5.56 Å². The van der Waals surface area contributed by atoms with Gasteiger partial charge in [-0.15, -0.1) is 0 Å². The third kappa shape index (κ3) is 4.03. The third-order valence-electron chi connectivity index (χ3n) is 4.43. The van der Waals surface area contributed by atoms with Gasteiger partial charge in [0.25, 0.3) is 0 Å². The number of anilines is 1. The number of piperidine rings is 1. The fourth-order valence-electron chi connectivity index (χ4n) is 3.03. The zero-order valence-corrected chi connectivity index (χ0v) is 14.5. The van der Waals surface area contributed by atoms with Crippen molar-refractivity contribution in [3.63, 3.8) is 0 Å². The number of nitrogens with zero attached hydrogens (tertiary/aromatic N) is 3. The van der Waals surface area contributed by atoms with Gasteiger partial charge in [0.15, 0.2) is 0 Å². The number of carbonyl (C=O) groups excluding carboxylic acids is 1. The molecule has 1 aromatic carbocycles. The van der Waals surface area contributed by atoms with Gasteiger partial charge < -0.3 is 10.2 Å². The number of aryl methyl sites for hydroxylation is 1. The molecule has 3 rings (SSSR count). The molecule has 0 bridgehead atoms. The summed E-state index contributed by atoms with van der Waals surface area (Å²) in [6.45, 7) is 3.53. The standard InChI is InChI=1S/C18H21ClN4O/c1-2-13-4-3-5-15(12-13)21-18(24)23-10-7-14(8-11-23)16-6-9-20-17(19)22-16/h3-6,9,12,14H,2,7-8,10-11H2,1H3,(H,21,24). The average Bonchev–Trinajstić information content (AvgIpc) is 2.62. The summed E-state index contributed by atoms with van der Waals surface area (Å²) in [5, 5.41) is 3.27. The van der Waals surface area contributed by atoms with E-state index in [1.54, 1.807) is 6.20 Å². The molecule has 1 fully saturated rings.